The third kappa shape index (κ3) is 3.01. The van der Waals surface area contributed by atoms with Gasteiger partial charge in [0.15, 0.2) is 11.5 Å². The third-order valence-electron chi connectivity index (χ3n) is 2.77. The molecule has 0 saturated carbocycles. The van der Waals surface area contributed by atoms with E-state index in [0.717, 1.165) is 5.56 Å². The number of phenolic OH excluding ortho intramolecular Hbond substituents is 2. The topological polar surface area (TPSA) is 82.5 Å². The second kappa shape index (κ2) is 5.39. The van der Waals surface area contributed by atoms with Gasteiger partial charge in [0.05, 0.1) is 6.04 Å². The van der Waals surface area contributed by atoms with Crippen LogP contribution in [0, 0.1) is 0 Å². The van der Waals surface area contributed by atoms with Gasteiger partial charge in [-0.25, -0.2) is 0 Å². The SMILES string of the molecule is CC(NC(=O)c1ccc(O)c(O)c1)c1cccnc1. The Morgan fingerprint density at radius 1 is 1.26 bits per heavy atom. The van der Waals surface area contributed by atoms with Crippen molar-refractivity contribution in [3.63, 3.8) is 0 Å². The summed E-state index contributed by atoms with van der Waals surface area (Å²) in [6, 6.07) is 7.41. The predicted octanol–water partition coefficient (Wildman–Crippen LogP) is 1.98. The number of aromatic nitrogens is 1. The van der Waals surface area contributed by atoms with Crippen LogP contribution in [0.4, 0.5) is 0 Å². The number of phenols is 2. The monoisotopic (exact) mass is 258 g/mol. The Balaban J connectivity index is 2.11. The summed E-state index contributed by atoms with van der Waals surface area (Å²) in [5, 5.41) is 21.3. The summed E-state index contributed by atoms with van der Waals surface area (Å²) in [6.07, 6.45) is 3.34. The molecule has 2 rings (SSSR count). The Morgan fingerprint density at radius 2 is 2.05 bits per heavy atom. The average Bonchev–Trinajstić information content (AvgIpc) is 2.42. The van der Waals surface area contributed by atoms with Gasteiger partial charge in [-0.05, 0) is 36.8 Å². The standard InChI is InChI=1S/C14H14N2O3/c1-9(11-3-2-6-15-8-11)16-14(19)10-4-5-12(17)13(18)7-10/h2-9,17-18H,1H3,(H,16,19). The van der Waals surface area contributed by atoms with Crippen LogP contribution in [0.1, 0.15) is 28.9 Å². The van der Waals surface area contributed by atoms with Gasteiger partial charge >= 0.3 is 0 Å². The summed E-state index contributed by atoms with van der Waals surface area (Å²) < 4.78 is 0. The fourth-order valence-electron chi connectivity index (χ4n) is 1.66. The fourth-order valence-corrected chi connectivity index (χ4v) is 1.66. The lowest BCUT2D eigenvalue weighted by atomic mass is 10.1. The van der Waals surface area contributed by atoms with Crippen molar-refractivity contribution in [3.8, 4) is 11.5 Å². The molecule has 0 spiro atoms. The second-order valence-corrected chi connectivity index (χ2v) is 4.19. The normalized spacial score (nSPS) is 11.8. The predicted molar refractivity (Wildman–Crippen MR) is 69.9 cm³/mol. The summed E-state index contributed by atoms with van der Waals surface area (Å²) in [5.41, 5.74) is 1.17. The molecule has 19 heavy (non-hydrogen) atoms. The minimum atomic E-state index is -0.327. The Labute approximate surface area is 110 Å². The molecule has 0 aliphatic carbocycles. The summed E-state index contributed by atoms with van der Waals surface area (Å²) >= 11 is 0. The molecule has 0 radical (unpaired) electrons. The molecule has 2 aromatic rings. The van der Waals surface area contributed by atoms with Crippen LogP contribution in [-0.4, -0.2) is 21.1 Å². The van der Waals surface area contributed by atoms with Crippen molar-refractivity contribution < 1.29 is 15.0 Å². The molecule has 1 aromatic heterocycles. The molecule has 1 atom stereocenters. The minimum absolute atomic E-state index is 0.197. The van der Waals surface area contributed by atoms with Crippen molar-refractivity contribution in [2.45, 2.75) is 13.0 Å². The second-order valence-electron chi connectivity index (χ2n) is 4.19. The number of nitrogens with one attached hydrogen (secondary N) is 1. The van der Waals surface area contributed by atoms with Crippen molar-refractivity contribution in [1.82, 2.24) is 10.3 Å². The van der Waals surface area contributed by atoms with E-state index in [1.165, 1.54) is 18.2 Å². The molecule has 98 valence electrons. The molecule has 0 bridgehead atoms. The lowest BCUT2D eigenvalue weighted by Crippen LogP contribution is -2.26. The van der Waals surface area contributed by atoms with Crippen LogP contribution < -0.4 is 5.32 Å². The van der Waals surface area contributed by atoms with Gasteiger partial charge in [0.25, 0.3) is 5.91 Å². The highest BCUT2D eigenvalue weighted by Gasteiger charge is 2.12. The number of carbonyl (C=O) groups excluding carboxylic acids is 1. The van der Waals surface area contributed by atoms with E-state index in [2.05, 4.69) is 10.3 Å². The number of benzene rings is 1. The zero-order chi connectivity index (χ0) is 13.8. The van der Waals surface area contributed by atoms with Gasteiger partial charge < -0.3 is 15.5 Å². The first-order valence-corrected chi connectivity index (χ1v) is 5.80. The van der Waals surface area contributed by atoms with E-state index >= 15 is 0 Å². The summed E-state index contributed by atoms with van der Waals surface area (Å²) in [5.74, 6) is -0.898. The van der Waals surface area contributed by atoms with E-state index in [-0.39, 0.29) is 29.0 Å². The highest BCUT2D eigenvalue weighted by molar-refractivity contribution is 5.95. The molecule has 1 unspecified atom stereocenters. The maximum atomic E-state index is 12.0. The molecule has 0 fully saturated rings. The van der Waals surface area contributed by atoms with E-state index in [1.54, 1.807) is 18.5 Å². The maximum Gasteiger partial charge on any atom is 0.251 e. The van der Waals surface area contributed by atoms with Crippen LogP contribution in [0.3, 0.4) is 0 Å². The van der Waals surface area contributed by atoms with E-state index < -0.39 is 0 Å². The Morgan fingerprint density at radius 3 is 2.68 bits per heavy atom. The Hall–Kier alpha value is -2.56. The van der Waals surface area contributed by atoms with E-state index in [9.17, 15) is 15.0 Å². The van der Waals surface area contributed by atoms with Gasteiger partial charge in [-0.2, -0.15) is 0 Å². The molecule has 1 amide bonds. The zero-order valence-corrected chi connectivity index (χ0v) is 10.4. The summed E-state index contributed by atoms with van der Waals surface area (Å²) in [7, 11) is 0. The molecule has 1 aromatic carbocycles. The lowest BCUT2D eigenvalue weighted by molar-refractivity contribution is 0.0939. The first kappa shape index (κ1) is 12.9. The number of hydrogen-bond acceptors (Lipinski definition) is 4. The van der Waals surface area contributed by atoms with Crippen molar-refractivity contribution >= 4 is 5.91 Å². The first-order chi connectivity index (χ1) is 9.08. The zero-order valence-electron chi connectivity index (χ0n) is 10.4. The molecule has 0 aliphatic rings. The van der Waals surface area contributed by atoms with Gasteiger partial charge in [-0.15, -0.1) is 0 Å². The molecular weight excluding hydrogens is 244 g/mol. The smallest absolute Gasteiger partial charge is 0.251 e. The molecule has 0 saturated heterocycles. The van der Waals surface area contributed by atoms with Crippen LogP contribution in [0.15, 0.2) is 42.7 Å². The van der Waals surface area contributed by atoms with E-state index in [0.29, 0.717) is 0 Å². The number of amides is 1. The lowest BCUT2D eigenvalue weighted by Gasteiger charge is -2.14. The van der Waals surface area contributed by atoms with Gasteiger partial charge in [-0.3, -0.25) is 9.78 Å². The fraction of sp³-hybridized carbons (Fsp3) is 0.143. The van der Waals surface area contributed by atoms with Gasteiger partial charge in [0.1, 0.15) is 0 Å². The molecule has 3 N–H and O–H groups in total. The number of nitrogens with zero attached hydrogens (tertiary/aromatic N) is 1. The van der Waals surface area contributed by atoms with Crippen LogP contribution in [0.5, 0.6) is 11.5 Å². The van der Waals surface area contributed by atoms with Crippen LogP contribution in [0.25, 0.3) is 0 Å². The quantitative estimate of drug-likeness (QED) is 0.735. The van der Waals surface area contributed by atoms with Crippen molar-refractivity contribution in [2.75, 3.05) is 0 Å². The van der Waals surface area contributed by atoms with Crippen molar-refractivity contribution in [2.24, 2.45) is 0 Å². The third-order valence-corrected chi connectivity index (χ3v) is 2.77. The Bertz CT molecular complexity index is 584. The Kier molecular flexibility index (Phi) is 3.66. The van der Waals surface area contributed by atoms with Crippen LogP contribution in [0.2, 0.25) is 0 Å². The van der Waals surface area contributed by atoms with E-state index in [1.807, 2.05) is 13.0 Å². The number of pyridine rings is 1. The largest absolute Gasteiger partial charge is 0.504 e. The number of rotatable bonds is 3. The average molecular weight is 258 g/mol. The van der Waals surface area contributed by atoms with Crippen LogP contribution in [-0.2, 0) is 0 Å². The molecule has 1 heterocycles. The maximum absolute atomic E-state index is 12.0. The number of aromatic hydroxyl groups is 2. The van der Waals surface area contributed by atoms with E-state index in [4.69, 9.17) is 0 Å². The highest BCUT2D eigenvalue weighted by Crippen LogP contribution is 2.25. The number of hydrogen-bond donors (Lipinski definition) is 3. The van der Waals surface area contributed by atoms with Crippen LogP contribution >= 0.6 is 0 Å². The molecule has 0 aliphatic heterocycles. The first-order valence-electron chi connectivity index (χ1n) is 5.80. The molecular formula is C14H14N2O3. The minimum Gasteiger partial charge on any atom is -0.504 e. The van der Waals surface area contributed by atoms with Gasteiger partial charge in [0, 0.05) is 18.0 Å². The number of carbonyl (C=O) groups is 1. The highest BCUT2D eigenvalue weighted by atomic mass is 16.3. The van der Waals surface area contributed by atoms with Crippen molar-refractivity contribution in [1.29, 1.82) is 0 Å². The van der Waals surface area contributed by atoms with Gasteiger partial charge in [0.2, 0.25) is 0 Å². The molecule has 5 nitrogen and oxygen atoms in total. The van der Waals surface area contributed by atoms with Gasteiger partial charge in [-0.1, -0.05) is 6.07 Å². The van der Waals surface area contributed by atoms with Crippen molar-refractivity contribution in [3.05, 3.63) is 53.9 Å². The molecule has 5 heteroatoms. The summed E-state index contributed by atoms with van der Waals surface area (Å²) in [6.45, 7) is 1.84. The summed E-state index contributed by atoms with van der Waals surface area (Å²) in [4.78, 5) is 16.0.